The molecule has 1 N–H and O–H groups in total. The highest BCUT2D eigenvalue weighted by Gasteiger charge is 2.40. The number of carbonyl (C=O) groups excluding carboxylic acids is 3. The van der Waals surface area contributed by atoms with Crippen LogP contribution in [0.4, 0.5) is 0 Å². The molecule has 0 radical (unpaired) electrons. The molecule has 5 rings (SSSR count). The third kappa shape index (κ3) is 3.60. The first-order chi connectivity index (χ1) is 15.5. The van der Waals surface area contributed by atoms with Crippen molar-refractivity contribution in [1.29, 1.82) is 0 Å². The lowest BCUT2D eigenvalue weighted by Gasteiger charge is -2.29. The minimum absolute atomic E-state index is 0.0270. The highest BCUT2D eigenvalue weighted by molar-refractivity contribution is 6.22. The molecule has 3 aliphatic rings. The number of aromatic hydroxyl groups is 1. The zero-order valence-electron chi connectivity index (χ0n) is 17.9. The molecule has 0 saturated heterocycles. The fraction of sp³-hybridized carbons (Fsp3) is 0.346. The number of phenols is 1. The minimum atomic E-state index is -0.264. The van der Waals surface area contributed by atoms with Crippen molar-refractivity contribution in [3.63, 3.8) is 0 Å². The Bertz CT molecular complexity index is 1110. The fourth-order valence-corrected chi connectivity index (χ4v) is 5.04. The summed E-state index contributed by atoms with van der Waals surface area (Å²) >= 11 is 0. The second-order valence-electron chi connectivity index (χ2n) is 8.81. The van der Waals surface area contributed by atoms with Gasteiger partial charge in [-0.3, -0.25) is 19.3 Å². The first-order valence-electron chi connectivity index (χ1n) is 11.3. The molecular formula is C26H26N2O4. The summed E-state index contributed by atoms with van der Waals surface area (Å²) in [5, 5.41) is 9.47. The predicted molar refractivity (Wildman–Crippen MR) is 120 cm³/mol. The lowest BCUT2D eigenvalue weighted by atomic mass is 9.94. The van der Waals surface area contributed by atoms with Crippen LogP contribution in [0.3, 0.4) is 0 Å². The molecule has 6 nitrogen and oxygen atoms in total. The number of hydrogen-bond donors (Lipinski definition) is 1. The van der Waals surface area contributed by atoms with Crippen molar-refractivity contribution in [3.8, 4) is 5.75 Å². The van der Waals surface area contributed by atoms with Crippen LogP contribution in [0, 0.1) is 0 Å². The van der Waals surface area contributed by atoms with E-state index in [-0.39, 0.29) is 29.5 Å². The number of phenolic OH excluding ortho intramolecular Hbond substituents is 1. The van der Waals surface area contributed by atoms with Crippen molar-refractivity contribution >= 4 is 23.3 Å². The van der Waals surface area contributed by atoms with Gasteiger partial charge in [-0.1, -0.05) is 37.5 Å². The number of benzene rings is 2. The van der Waals surface area contributed by atoms with E-state index in [2.05, 4.69) is 0 Å². The Hall–Kier alpha value is -3.41. The quantitative estimate of drug-likeness (QED) is 0.739. The first kappa shape index (κ1) is 20.5. The van der Waals surface area contributed by atoms with Crippen LogP contribution in [0.25, 0.3) is 5.57 Å². The number of hydrogen-bond acceptors (Lipinski definition) is 4. The highest BCUT2D eigenvalue weighted by atomic mass is 16.3. The average molecular weight is 431 g/mol. The SMILES string of the molecule is O=C(c1ccc2c(c1)C(=O)N(C1CCCCC1)C2=O)N1CC=C(c2ccc(O)cc2)CC1. The third-order valence-electron chi connectivity index (χ3n) is 6.84. The van der Waals surface area contributed by atoms with Gasteiger partial charge in [0.1, 0.15) is 5.75 Å². The van der Waals surface area contributed by atoms with Crippen LogP contribution in [0.2, 0.25) is 0 Å². The van der Waals surface area contributed by atoms with Gasteiger partial charge in [0.05, 0.1) is 11.1 Å². The van der Waals surface area contributed by atoms with Crippen LogP contribution in [0.5, 0.6) is 5.75 Å². The van der Waals surface area contributed by atoms with Crippen LogP contribution in [-0.4, -0.2) is 51.8 Å². The predicted octanol–water partition coefficient (Wildman–Crippen LogP) is 4.25. The monoisotopic (exact) mass is 430 g/mol. The number of nitrogens with zero attached hydrogens (tertiary/aromatic N) is 2. The summed E-state index contributed by atoms with van der Waals surface area (Å²) in [5.41, 5.74) is 3.39. The lowest BCUT2D eigenvalue weighted by molar-refractivity contribution is 0.0548. The molecule has 1 aliphatic carbocycles. The molecule has 3 amide bonds. The van der Waals surface area contributed by atoms with Crippen molar-refractivity contribution < 1.29 is 19.5 Å². The molecule has 164 valence electrons. The molecule has 2 aromatic carbocycles. The van der Waals surface area contributed by atoms with Crippen molar-refractivity contribution in [2.75, 3.05) is 13.1 Å². The fourth-order valence-electron chi connectivity index (χ4n) is 5.04. The lowest BCUT2D eigenvalue weighted by Crippen LogP contribution is -2.40. The molecule has 6 heteroatoms. The second kappa shape index (κ2) is 8.26. The average Bonchev–Trinajstić information content (AvgIpc) is 3.09. The zero-order chi connectivity index (χ0) is 22.2. The van der Waals surface area contributed by atoms with Gasteiger partial charge in [-0.25, -0.2) is 0 Å². The van der Waals surface area contributed by atoms with Crippen LogP contribution >= 0.6 is 0 Å². The van der Waals surface area contributed by atoms with Crippen LogP contribution in [0.15, 0.2) is 48.5 Å². The molecule has 0 bridgehead atoms. The molecule has 0 unspecified atom stereocenters. The molecule has 0 atom stereocenters. The largest absolute Gasteiger partial charge is 0.508 e. The van der Waals surface area contributed by atoms with Crippen LogP contribution in [-0.2, 0) is 0 Å². The maximum absolute atomic E-state index is 13.1. The van der Waals surface area contributed by atoms with Crippen molar-refractivity contribution in [2.45, 2.75) is 44.6 Å². The normalized spacial score (nSPS) is 19.2. The third-order valence-corrected chi connectivity index (χ3v) is 6.84. The second-order valence-corrected chi connectivity index (χ2v) is 8.81. The van der Waals surface area contributed by atoms with Gasteiger partial charge in [0.15, 0.2) is 0 Å². The van der Waals surface area contributed by atoms with E-state index in [4.69, 9.17) is 0 Å². The Morgan fingerprint density at radius 3 is 2.31 bits per heavy atom. The summed E-state index contributed by atoms with van der Waals surface area (Å²) in [6, 6.07) is 11.9. The number of fused-ring (bicyclic) bond motifs is 1. The number of carbonyl (C=O) groups is 3. The van der Waals surface area contributed by atoms with Gasteiger partial charge in [-0.15, -0.1) is 0 Å². The molecule has 0 spiro atoms. The molecule has 2 aliphatic heterocycles. The Morgan fingerprint density at radius 1 is 0.906 bits per heavy atom. The van der Waals surface area contributed by atoms with Crippen molar-refractivity contribution in [3.05, 3.63) is 70.8 Å². The van der Waals surface area contributed by atoms with Gasteiger partial charge < -0.3 is 10.0 Å². The molecule has 2 aromatic rings. The number of amides is 3. The smallest absolute Gasteiger partial charge is 0.261 e. The Kier molecular flexibility index (Phi) is 5.29. The van der Waals surface area contributed by atoms with Gasteiger partial charge >= 0.3 is 0 Å². The topological polar surface area (TPSA) is 77.9 Å². The molecular weight excluding hydrogens is 404 g/mol. The van der Waals surface area contributed by atoms with Gasteiger partial charge in [0, 0.05) is 24.7 Å². The zero-order valence-corrected chi connectivity index (χ0v) is 17.9. The summed E-state index contributed by atoms with van der Waals surface area (Å²) in [6.45, 7) is 1.05. The Labute approximate surface area is 187 Å². The highest BCUT2D eigenvalue weighted by Crippen LogP contribution is 2.32. The number of imide groups is 1. The Morgan fingerprint density at radius 2 is 1.62 bits per heavy atom. The van der Waals surface area contributed by atoms with Gasteiger partial charge in [0.25, 0.3) is 17.7 Å². The van der Waals surface area contributed by atoms with Crippen LogP contribution < -0.4 is 0 Å². The first-order valence-corrected chi connectivity index (χ1v) is 11.3. The van der Waals surface area contributed by atoms with Crippen molar-refractivity contribution in [1.82, 2.24) is 9.80 Å². The van der Waals surface area contributed by atoms with E-state index in [1.165, 1.54) is 4.90 Å². The van der Waals surface area contributed by atoms with Gasteiger partial charge in [-0.2, -0.15) is 0 Å². The van der Waals surface area contributed by atoms with Crippen molar-refractivity contribution in [2.24, 2.45) is 0 Å². The molecule has 2 heterocycles. The maximum Gasteiger partial charge on any atom is 0.261 e. The molecule has 32 heavy (non-hydrogen) atoms. The standard InChI is InChI=1S/C26H26N2O4/c29-21-9-6-17(7-10-21)18-12-14-27(15-13-18)24(30)19-8-11-22-23(16-19)26(32)28(25(22)31)20-4-2-1-3-5-20/h6-12,16,20,29H,1-5,13-15H2. The molecule has 1 fully saturated rings. The van der Waals surface area contributed by atoms with E-state index >= 15 is 0 Å². The van der Waals surface area contributed by atoms with E-state index in [9.17, 15) is 19.5 Å². The van der Waals surface area contributed by atoms with E-state index in [0.717, 1.165) is 43.2 Å². The van der Waals surface area contributed by atoms with E-state index in [1.54, 1.807) is 35.2 Å². The number of rotatable bonds is 3. The molecule has 0 aromatic heterocycles. The molecule has 1 saturated carbocycles. The maximum atomic E-state index is 13.1. The summed E-state index contributed by atoms with van der Waals surface area (Å²) in [5.74, 6) is -0.395. The summed E-state index contributed by atoms with van der Waals surface area (Å²) in [6.07, 6.45) is 7.69. The van der Waals surface area contributed by atoms with E-state index in [0.29, 0.717) is 36.2 Å². The summed E-state index contributed by atoms with van der Waals surface area (Å²) in [7, 11) is 0. The van der Waals surface area contributed by atoms with Gasteiger partial charge in [0.2, 0.25) is 0 Å². The minimum Gasteiger partial charge on any atom is -0.508 e. The van der Waals surface area contributed by atoms with Gasteiger partial charge in [-0.05, 0) is 60.7 Å². The summed E-state index contributed by atoms with van der Waals surface area (Å²) in [4.78, 5) is 42.2. The van der Waals surface area contributed by atoms with Crippen LogP contribution in [0.1, 0.15) is 75.2 Å². The summed E-state index contributed by atoms with van der Waals surface area (Å²) < 4.78 is 0. The Balaban J connectivity index is 1.32. The van der Waals surface area contributed by atoms with E-state index in [1.807, 2.05) is 18.2 Å². The van der Waals surface area contributed by atoms with E-state index < -0.39 is 0 Å².